The van der Waals surface area contributed by atoms with E-state index in [1.54, 1.807) is 0 Å². The van der Waals surface area contributed by atoms with Gasteiger partial charge in [-0.05, 0) is 25.7 Å². The third kappa shape index (κ3) is 3.73. The van der Waals surface area contributed by atoms with Crippen LogP contribution in [0.4, 0.5) is 4.79 Å². The molecule has 0 bridgehead atoms. The Labute approximate surface area is 92.1 Å². The van der Waals surface area contributed by atoms with E-state index in [1.807, 2.05) is 0 Å². The number of unbranched alkanes of at least 4 members (excludes halogenated alkanes) is 3. The lowest BCUT2D eigenvalue weighted by Crippen LogP contribution is -2.31. The summed E-state index contributed by atoms with van der Waals surface area (Å²) >= 11 is 0. The first kappa shape index (κ1) is 12.3. The highest BCUT2D eigenvalue weighted by Gasteiger charge is 2.40. The molecule has 0 N–H and O–H groups in total. The number of ether oxygens (including phenoxy) is 2. The lowest BCUT2D eigenvalue weighted by atomic mass is 9.91. The van der Waals surface area contributed by atoms with Crippen molar-refractivity contribution in [2.24, 2.45) is 0 Å². The summed E-state index contributed by atoms with van der Waals surface area (Å²) in [6, 6.07) is 0. The second-order valence-electron chi connectivity index (χ2n) is 4.38. The maximum Gasteiger partial charge on any atom is 0.509 e. The minimum atomic E-state index is -0.484. The summed E-state index contributed by atoms with van der Waals surface area (Å²) in [5.41, 5.74) is -0.303. The van der Waals surface area contributed by atoms with Gasteiger partial charge in [-0.25, -0.2) is 4.79 Å². The van der Waals surface area contributed by atoms with Gasteiger partial charge in [0.1, 0.15) is 12.2 Å². The number of cyclic esters (lactones) is 2. The van der Waals surface area contributed by atoms with Gasteiger partial charge in [-0.1, -0.05) is 33.1 Å². The first-order valence-corrected chi connectivity index (χ1v) is 6.08. The summed E-state index contributed by atoms with van der Waals surface area (Å²) in [7, 11) is 0. The molecule has 1 fully saturated rings. The summed E-state index contributed by atoms with van der Waals surface area (Å²) in [5.74, 6) is 0. The Morgan fingerprint density at radius 3 is 2.33 bits per heavy atom. The molecule has 88 valence electrons. The average Bonchev–Trinajstić information content (AvgIpc) is 2.59. The molecule has 1 saturated heterocycles. The zero-order valence-corrected chi connectivity index (χ0v) is 9.88. The van der Waals surface area contributed by atoms with Crippen LogP contribution in [0.15, 0.2) is 0 Å². The van der Waals surface area contributed by atoms with E-state index in [9.17, 15) is 4.79 Å². The Morgan fingerprint density at radius 2 is 1.80 bits per heavy atom. The maximum atomic E-state index is 11.0. The minimum absolute atomic E-state index is 0.303. The molecular weight excluding hydrogens is 192 g/mol. The summed E-state index contributed by atoms with van der Waals surface area (Å²) in [6.07, 6.45) is 7.16. The van der Waals surface area contributed by atoms with Gasteiger partial charge in [-0.2, -0.15) is 0 Å². The summed E-state index contributed by atoms with van der Waals surface area (Å²) in [5, 5.41) is 0. The molecule has 1 unspecified atom stereocenters. The fourth-order valence-electron chi connectivity index (χ4n) is 1.99. The fraction of sp³-hybridized carbons (Fsp3) is 0.917. The van der Waals surface area contributed by atoms with Crippen LogP contribution in [0.25, 0.3) is 0 Å². The van der Waals surface area contributed by atoms with E-state index in [1.165, 1.54) is 12.8 Å². The van der Waals surface area contributed by atoms with Crippen molar-refractivity contribution in [3.63, 3.8) is 0 Å². The van der Waals surface area contributed by atoms with Crippen molar-refractivity contribution in [3.05, 3.63) is 0 Å². The number of hydrogen-bond donors (Lipinski definition) is 0. The summed E-state index contributed by atoms with van der Waals surface area (Å²) < 4.78 is 10.3. The molecule has 0 radical (unpaired) electrons. The highest BCUT2D eigenvalue weighted by atomic mass is 16.8. The van der Waals surface area contributed by atoms with Crippen molar-refractivity contribution < 1.29 is 14.3 Å². The predicted octanol–water partition coefficient (Wildman–Crippen LogP) is 3.66. The lowest BCUT2D eigenvalue weighted by Gasteiger charge is -2.24. The monoisotopic (exact) mass is 214 g/mol. The molecule has 0 aromatic carbocycles. The highest BCUT2D eigenvalue weighted by molar-refractivity contribution is 5.62. The van der Waals surface area contributed by atoms with E-state index in [-0.39, 0.29) is 5.60 Å². The molecule has 1 heterocycles. The smallest absolute Gasteiger partial charge is 0.430 e. The molecule has 0 aromatic heterocycles. The van der Waals surface area contributed by atoms with Crippen LogP contribution < -0.4 is 0 Å². The number of carbonyl (C=O) groups is 1. The van der Waals surface area contributed by atoms with Gasteiger partial charge in [0.25, 0.3) is 0 Å². The summed E-state index contributed by atoms with van der Waals surface area (Å²) in [6.45, 7) is 4.78. The lowest BCUT2D eigenvalue weighted by molar-refractivity contribution is 0.0384. The topological polar surface area (TPSA) is 35.5 Å². The Balaban J connectivity index is 2.41. The quantitative estimate of drug-likeness (QED) is 0.479. The van der Waals surface area contributed by atoms with Crippen LogP contribution in [-0.4, -0.2) is 18.4 Å². The fourth-order valence-corrected chi connectivity index (χ4v) is 1.99. The van der Waals surface area contributed by atoms with Crippen LogP contribution in [0.3, 0.4) is 0 Å². The molecule has 0 aliphatic carbocycles. The molecule has 0 spiro atoms. The SMILES string of the molecule is CCCCCC1(CCCC)COC(=O)O1. The molecule has 3 heteroatoms. The van der Waals surface area contributed by atoms with E-state index >= 15 is 0 Å². The van der Waals surface area contributed by atoms with Crippen molar-refractivity contribution >= 4 is 6.16 Å². The normalized spacial score (nSPS) is 25.1. The molecule has 0 amide bonds. The van der Waals surface area contributed by atoms with E-state index in [0.717, 1.165) is 32.1 Å². The second kappa shape index (κ2) is 5.99. The van der Waals surface area contributed by atoms with Gasteiger partial charge in [0.2, 0.25) is 0 Å². The van der Waals surface area contributed by atoms with Gasteiger partial charge in [0, 0.05) is 0 Å². The number of hydrogen-bond acceptors (Lipinski definition) is 3. The van der Waals surface area contributed by atoms with E-state index < -0.39 is 6.16 Å². The Morgan fingerprint density at radius 1 is 1.13 bits per heavy atom. The van der Waals surface area contributed by atoms with Crippen LogP contribution in [-0.2, 0) is 9.47 Å². The second-order valence-corrected chi connectivity index (χ2v) is 4.38. The third-order valence-electron chi connectivity index (χ3n) is 2.97. The van der Waals surface area contributed by atoms with Crippen molar-refractivity contribution in [1.82, 2.24) is 0 Å². The Bertz CT molecular complexity index is 203. The highest BCUT2D eigenvalue weighted by Crippen LogP contribution is 2.31. The van der Waals surface area contributed by atoms with Crippen LogP contribution in [0, 0.1) is 0 Å². The van der Waals surface area contributed by atoms with Crippen LogP contribution in [0.5, 0.6) is 0 Å². The van der Waals surface area contributed by atoms with E-state index in [0.29, 0.717) is 6.61 Å². The van der Waals surface area contributed by atoms with E-state index in [2.05, 4.69) is 13.8 Å². The Kier molecular flexibility index (Phi) is 4.92. The molecule has 1 rings (SSSR count). The molecule has 1 atom stereocenters. The molecule has 1 aliphatic heterocycles. The van der Waals surface area contributed by atoms with Gasteiger partial charge < -0.3 is 9.47 Å². The standard InChI is InChI=1S/C12H22O3/c1-3-5-7-9-12(8-6-4-2)10-14-11(13)15-12/h3-10H2,1-2H3. The van der Waals surface area contributed by atoms with Crippen LogP contribution >= 0.6 is 0 Å². The zero-order valence-electron chi connectivity index (χ0n) is 9.88. The molecule has 0 aromatic rings. The molecule has 15 heavy (non-hydrogen) atoms. The van der Waals surface area contributed by atoms with Crippen LogP contribution in [0.2, 0.25) is 0 Å². The van der Waals surface area contributed by atoms with Gasteiger partial charge in [-0.3, -0.25) is 0 Å². The third-order valence-corrected chi connectivity index (χ3v) is 2.97. The van der Waals surface area contributed by atoms with Crippen molar-refractivity contribution in [2.75, 3.05) is 6.61 Å². The van der Waals surface area contributed by atoms with Gasteiger partial charge in [-0.15, -0.1) is 0 Å². The number of rotatable bonds is 7. The first-order valence-electron chi connectivity index (χ1n) is 6.08. The van der Waals surface area contributed by atoms with Crippen molar-refractivity contribution in [3.8, 4) is 0 Å². The molecule has 1 aliphatic rings. The first-order chi connectivity index (χ1) is 7.22. The molecule has 0 saturated carbocycles. The van der Waals surface area contributed by atoms with Crippen LogP contribution in [0.1, 0.15) is 58.8 Å². The predicted molar refractivity (Wildman–Crippen MR) is 58.8 cm³/mol. The molecule has 3 nitrogen and oxygen atoms in total. The molecular formula is C12H22O3. The van der Waals surface area contributed by atoms with Gasteiger partial charge in [0.15, 0.2) is 0 Å². The van der Waals surface area contributed by atoms with E-state index in [4.69, 9.17) is 9.47 Å². The Hall–Kier alpha value is -0.730. The largest absolute Gasteiger partial charge is 0.509 e. The van der Waals surface area contributed by atoms with Crippen molar-refractivity contribution in [2.45, 2.75) is 64.4 Å². The van der Waals surface area contributed by atoms with Crippen molar-refractivity contribution in [1.29, 1.82) is 0 Å². The number of carbonyl (C=O) groups excluding carboxylic acids is 1. The zero-order chi connectivity index (χ0) is 11.1. The van der Waals surface area contributed by atoms with Gasteiger partial charge in [0.05, 0.1) is 0 Å². The average molecular weight is 214 g/mol. The summed E-state index contributed by atoms with van der Waals surface area (Å²) in [4.78, 5) is 11.0. The van der Waals surface area contributed by atoms with Gasteiger partial charge >= 0.3 is 6.16 Å². The maximum absolute atomic E-state index is 11.0. The minimum Gasteiger partial charge on any atom is -0.430 e.